The zero-order valence-corrected chi connectivity index (χ0v) is 17.2. The van der Waals surface area contributed by atoms with E-state index in [1.165, 1.54) is 0 Å². The van der Waals surface area contributed by atoms with Crippen LogP contribution in [0.1, 0.15) is 39.7 Å². The maximum atomic E-state index is 10.5. The molecule has 1 saturated carbocycles. The van der Waals surface area contributed by atoms with Gasteiger partial charge in [-0.05, 0) is 57.4 Å². The number of rotatable bonds is 4. The quantitative estimate of drug-likeness (QED) is 0.478. The van der Waals surface area contributed by atoms with Crippen molar-refractivity contribution in [2.45, 2.75) is 51.2 Å². The van der Waals surface area contributed by atoms with Crippen LogP contribution < -0.4 is 5.32 Å². The van der Waals surface area contributed by atoms with Crippen molar-refractivity contribution in [3.63, 3.8) is 0 Å². The van der Waals surface area contributed by atoms with E-state index in [0.717, 1.165) is 24.0 Å². The molecule has 154 valence electrons. The van der Waals surface area contributed by atoms with E-state index in [9.17, 15) is 5.11 Å². The van der Waals surface area contributed by atoms with E-state index in [-0.39, 0.29) is 17.3 Å². The van der Waals surface area contributed by atoms with E-state index in [4.69, 9.17) is 0 Å². The van der Waals surface area contributed by atoms with Crippen molar-refractivity contribution < 1.29 is 5.11 Å². The minimum atomic E-state index is 0.101. The largest absolute Gasteiger partial charge is 0.507 e. The molecule has 3 heterocycles. The number of benzene rings is 1. The highest BCUT2D eigenvalue weighted by Gasteiger charge is 2.34. The van der Waals surface area contributed by atoms with Crippen molar-refractivity contribution in [1.29, 1.82) is 0 Å². The van der Waals surface area contributed by atoms with Crippen molar-refractivity contribution in [3.05, 3.63) is 36.7 Å². The van der Waals surface area contributed by atoms with Crippen LogP contribution in [0, 0.1) is 0 Å². The molecule has 30 heavy (non-hydrogen) atoms. The van der Waals surface area contributed by atoms with Gasteiger partial charge in [0.25, 0.3) is 0 Å². The molecule has 0 bridgehead atoms. The van der Waals surface area contributed by atoms with E-state index in [1.54, 1.807) is 18.5 Å². The Morgan fingerprint density at radius 1 is 1.10 bits per heavy atom. The molecular weight excluding hydrogens is 380 g/mol. The van der Waals surface area contributed by atoms with Crippen molar-refractivity contribution in [2.75, 3.05) is 0 Å². The fraction of sp³-hybridized carbons (Fsp3) is 0.381. The fourth-order valence-electron chi connectivity index (χ4n) is 3.98. The van der Waals surface area contributed by atoms with Gasteiger partial charge in [0, 0.05) is 28.9 Å². The highest BCUT2D eigenvalue weighted by Crippen LogP contribution is 2.36. The van der Waals surface area contributed by atoms with E-state index >= 15 is 0 Å². The molecule has 0 aliphatic heterocycles. The van der Waals surface area contributed by atoms with Crippen LogP contribution in [0.3, 0.4) is 0 Å². The zero-order valence-electron chi connectivity index (χ0n) is 17.2. The van der Waals surface area contributed by atoms with Gasteiger partial charge < -0.3 is 10.4 Å². The molecule has 0 spiro atoms. The summed E-state index contributed by atoms with van der Waals surface area (Å²) in [7, 11) is 0. The van der Waals surface area contributed by atoms with Gasteiger partial charge in [-0.3, -0.25) is 5.10 Å². The molecule has 0 saturated heterocycles. The van der Waals surface area contributed by atoms with Crippen LogP contribution in [-0.4, -0.2) is 52.1 Å². The number of hydrogen-bond donors (Lipinski definition) is 3. The molecule has 0 unspecified atom stereocenters. The van der Waals surface area contributed by atoms with Gasteiger partial charge in [0.15, 0.2) is 0 Å². The van der Waals surface area contributed by atoms with Crippen LogP contribution in [0.25, 0.3) is 33.5 Å². The maximum Gasteiger partial charge on any atom is 0.201 e. The summed E-state index contributed by atoms with van der Waals surface area (Å²) in [5, 5.41) is 38.2. The molecule has 0 radical (unpaired) electrons. The fourth-order valence-corrected chi connectivity index (χ4v) is 3.98. The second-order valence-electron chi connectivity index (χ2n) is 8.91. The predicted octanol–water partition coefficient (Wildman–Crippen LogP) is 3.08. The third-order valence-corrected chi connectivity index (χ3v) is 5.42. The summed E-state index contributed by atoms with van der Waals surface area (Å²) < 4.78 is 1.87. The summed E-state index contributed by atoms with van der Waals surface area (Å²) in [6.07, 6.45) is 5.48. The number of nitrogens with zero attached hydrogens (tertiary/aromatic N) is 6. The standard InChI is InChI=1S/C21H24N8O/c1-21(2,3)24-14-7-15(8-14)29-20-18(26-28-29)9-17(25-27-20)16-5-4-12(6-19(16)30)13-10-22-23-11-13/h4-6,9-11,14-15,24,30H,7-8H2,1-3H3,(H,22,23). The van der Waals surface area contributed by atoms with Gasteiger partial charge in [0.05, 0.1) is 17.9 Å². The number of fused-ring (bicyclic) bond motifs is 1. The molecule has 9 nitrogen and oxygen atoms in total. The van der Waals surface area contributed by atoms with Crippen molar-refractivity contribution in [2.24, 2.45) is 0 Å². The minimum absolute atomic E-state index is 0.101. The molecule has 9 heteroatoms. The topological polar surface area (TPSA) is 117 Å². The highest BCUT2D eigenvalue weighted by molar-refractivity contribution is 5.79. The third kappa shape index (κ3) is 3.41. The summed E-state index contributed by atoms with van der Waals surface area (Å²) in [6, 6.07) is 8.01. The van der Waals surface area contributed by atoms with Gasteiger partial charge in [-0.15, -0.1) is 15.3 Å². The number of nitrogens with one attached hydrogen (secondary N) is 2. The van der Waals surface area contributed by atoms with Gasteiger partial charge in [-0.25, -0.2) is 4.68 Å². The van der Waals surface area contributed by atoms with Gasteiger partial charge >= 0.3 is 0 Å². The lowest BCUT2D eigenvalue weighted by atomic mass is 9.85. The average Bonchev–Trinajstić information content (AvgIpc) is 3.33. The van der Waals surface area contributed by atoms with E-state index in [2.05, 4.69) is 56.8 Å². The zero-order chi connectivity index (χ0) is 20.9. The van der Waals surface area contributed by atoms with Gasteiger partial charge in [0.2, 0.25) is 5.65 Å². The maximum absolute atomic E-state index is 10.5. The first-order chi connectivity index (χ1) is 14.4. The SMILES string of the molecule is CC(C)(C)NC1CC(n2nnc3cc(-c4ccc(-c5cn[nH]c5)cc4O)nnc32)C1. The lowest BCUT2D eigenvalue weighted by molar-refractivity contribution is 0.179. The first-order valence-electron chi connectivity index (χ1n) is 10.1. The number of phenols is 1. The molecule has 1 fully saturated rings. The Bertz CT molecular complexity index is 1190. The van der Waals surface area contributed by atoms with Crippen LogP contribution in [0.15, 0.2) is 36.7 Å². The molecule has 0 amide bonds. The molecule has 5 rings (SSSR count). The van der Waals surface area contributed by atoms with Crippen LogP contribution >= 0.6 is 0 Å². The highest BCUT2D eigenvalue weighted by atomic mass is 16.3. The Morgan fingerprint density at radius 2 is 1.93 bits per heavy atom. The molecule has 1 aliphatic rings. The van der Waals surface area contributed by atoms with Crippen molar-refractivity contribution in [1.82, 2.24) is 40.7 Å². The second-order valence-corrected chi connectivity index (χ2v) is 8.91. The monoisotopic (exact) mass is 404 g/mol. The number of phenolic OH excluding ortho intramolecular Hbond substituents is 1. The predicted molar refractivity (Wildman–Crippen MR) is 113 cm³/mol. The first-order valence-corrected chi connectivity index (χ1v) is 10.1. The number of aromatic nitrogens is 7. The Kier molecular flexibility index (Phi) is 4.28. The lowest BCUT2D eigenvalue weighted by Crippen LogP contribution is -2.50. The van der Waals surface area contributed by atoms with Gasteiger partial charge in [-0.1, -0.05) is 11.3 Å². The summed E-state index contributed by atoms with van der Waals surface area (Å²) in [4.78, 5) is 0. The van der Waals surface area contributed by atoms with E-state index in [1.807, 2.05) is 22.9 Å². The van der Waals surface area contributed by atoms with E-state index < -0.39 is 0 Å². The molecule has 1 aliphatic carbocycles. The van der Waals surface area contributed by atoms with E-state index in [0.29, 0.717) is 28.5 Å². The Morgan fingerprint density at radius 3 is 2.63 bits per heavy atom. The number of aromatic amines is 1. The lowest BCUT2D eigenvalue weighted by Gasteiger charge is -2.39. The van der Waals surface area contributed by atoms with Crippen molar-refractivity contribution in [3.8, 4) is 28.1 Å². The first kappa shape index (κ1) is 18.7. The molecule has 0 atom stereocenters. The van der Waals surface area contributed by atoms with Crippen molar-refractivity contribution >= 4 is 11.2 Å². The number of H-pyrrole nitrogens is 1. The normalized spacial score (nSPS) is 19.2. The van der Waals surface area contributed by atoms with Gasteiger partial charge in [-0.2, -0.15) is 5.10 Å². The molecule has 4 aromatic rings. The number of aromatic hydroxyl groups is 1. The summed E-state index contributed by atoms with van der Waals surface area (Å²) >= 11 is 0. The molecule has 3 aromatic heterocycles. The Balaban J connectivity index is 1.38. The Hall–Kier alpha value is -3.33. The summed E-state index contributed by atoms with van der Waals surface area (Å²) in [6.45, 7) is 6.53. The second kappa shape index (κ2) is 6.88. The summed E-state index contributed by atoms with van der Waals surface area (Å²) in [5.74, 6) is 0.129. The molecular formula is C21H24N8O. The third-order valence-electron chi connectivity index (χ3n) is 5.42. The van der Waals surface area contributed by atoms with Gasteiger partial charge in [0.1, 0.15) is 11.3 Å². The molecule has 3 N–H and O–H groups in total. The smallest absolute Gasteiger partial charge is 0.201 e. The van der Waals surface area contributed by atoms with Crippen LogP contribution in [0.2, 0.25) is 0 Å². The van der Waals surface area contributed by atoms with Crippen LogP contribution in [-0.2, 0) is 0 Å². The Labute approximate surface area is 173 Å². The molecule has 1 aromatic carbocycles. The summed E-state index contributed by atoms with van der Waals surface area (Å²) in [5.41, 5.74) is 4.38. The van der Waals surface area contributed by atoms with Crippen LogP contribution in [0.5, 0.6) is 5.75 Å². The number of hydrogen-bond acceptors (Lipinski definition) is 7. The average molecular weight is 404 g/mol. The van der Waals surface area contributed by atoms with Crippen LogP contribution in [0.4, 0.5) is 0 Å². The minimum Gasteiger partial charge on any atom is -0.507 e.